The monoisotopic (exact) mass is 351 g/mol. The van der Waals surface area contributed by atoms with Gasteiger partial charge < -0.3 is 15.5 Å². The third-order valence-corrected chi connectivity index (χ3v) is 4.66. The quantitative estimate of drug-likeness (QED) is 0.854. The van der Waals surface area contributed by atoms with Gasteiger partial charge in [-0.25, -0.2) is 4.79 Å². The normalized spacial score (nSPS) is 16.5. The third kappa shape index (κ3) is 5.13. The predicted octanol–water partition coefficient (Wildman–Crippen LogP) is 3.35. The number of benzene rings is 1. The van der Waals surface area contributed by atoms with Crippen LogP contribution in [0.1, 0.15) is 44.7 Å². The molecule has 24 heavy (non-hydrogen) atoms. The van der Waals surface area contributed by atoms with E-state index in [4.69, 9.17) is 11.6 Å². The van der Waals surface area contributed by atoms with Crippen molar-refractivity contribution in [3.63, 3.8) is 0 Å². The van der Waals surface area contributed by atoms with Crippen LogP contribution in [0.4, 0.5) is 4.79 Å². The maximum atomic E-state index is 12.4. The Morgan fingerprint density at radius 3 is 2.46 bits per heavy atom. The highest BCUT2D eigenvalue weighted by Crippen LogP contribution is 2.19. The summed E-state index contributed by atoms with van der Waals surface area (Å²) in [6, 6.07) is 7.31. The van der Waals surface area contributed by atoms with Crippen LogP contribution in [-0.4, -0.2) is 36.5 Å². The fourth-order valence-corrected chi connectivity index (χ4v) is 2.97. The molecule has 1 fully saturated rings. The van der Waals surface area contributed by atoms with Crippen molar-refractivity contribution in [1.82, 2.24) is 15.5 Å². The molecule has 1 aliphatic heterocycles. The molecule has 0 spiro atoms. The molecule has 1 aliphatic rings. The molecule has 0 bridgehead atoms. The maximum Gasteiger partial charge on any atom is 0.317 e. The van der Waals surface area contributed by atoms with Crippen molar-refractivity contribution in [2.24, 2.45) is 5.92 Å². The molecule has 0 radical (unpaired) electrons. The number of nitrogens with one attached hydrogen (secondary N) is 2. The lowest BCUT2D eigenvalue weighted by molar-refractivity contribution is -0.126. The Balaban J connectivity index is 1.80. The van der Waals surface area contributed by atoms with Crippen LogP contribution < -0.4 is 10.6 Å². The van der Waals surface area contributed by atoms with Crippen LogP contribution in [0, 0.1) is 5.92 Å². The zero-order valence-electron chi connectivity index (χ0n) is 14.3. The summed E-state index contributed by atoms with van der Waals surface area (Å²) >= 11 is 5.89. The first-order valence-corrected chi connectivity index (χ1v) is 8.97. The van der Waals surface area contributed by atoms with E-state index in [0.717, 1.165) is 31.4 Å². The minimum atomic E-state index is -0.0830. The second-order valence-corrected chi connectivity index (χ2v) is 6.71. The van der Waals surface area contributed by atoms with Crippen molar-refractivity contribution in [3.8, 4) is 0 Å². The van der Waals surface area contributed by atoms with Crippen LogP contribution in [0.2, 0.25) is 5.02 Å². The summed E-state index contributed by atoms with van der Waals surface area (Å²) in [4.78, 5) is 26.2. The topological polar surface area (TPSA) is 61.4 Å². The van der Waals surface area contributed by atoms with Gasteiger partial charge in [0, 0.05) is 30.6 Å². The number of carbonyl (C=O) groups excluding carboxylic acids is 2. The molecule has 1 atom stereocenters. The van der Waals surface area contributed by atoms with Crippen molar-refractivity contribution in [1.29, 1.82) is 0 Å². The second-order valence-electron chi connectivity index (χ2n) is 6.28. The van der Waals surface area contributed by atoms with E-state index in [1.54, 1.807) is 4.90 Å². The maximum absolute atomic E-state index is 12.4. The molecule has 0 aromatic heterocycles. The molecule has 1 aromatic carbocycles. The van der Waals surface area contributed by atoms with Crippen LogP contribution in [0.5, 0.6) is 0 Å². The average molecular weight is 352 g/mol. The molecule has 5 nitrogen and oxygen atoms in total. The number of rotatable bonds is 5. The van der Waals surface area contributed by atoms with Gasteiger partial charge in [0.25, 0.3) is 0 Å². The summed E-state index contributed by atoms with van der Waals surface area (Å²) in [7, 11) is 0. The molecular formula is C18H26ClN3O2. The molecule has 1 saturated heterocycles. The van der Waals surface area contributed by atoms with Gasteiger partial charge >= 0.3 is 6.03 Å². The minimum Gasteiger partial charge on any atom is -0.356 e. The number of hydrogen-bond donors (Lipinski definition) is 2. The van der Waals surface area contributed by atoms with Gasteiger partial charge in [0.2, 0.25) is 5.91 Å². The van der Waals surface area contributed by atoms with Crippen LogP contribution in [0.3, 0.4) is 0 Å². The Bertz CT molecular complexity index is 554. The van der Waals surface area contributed by atoms with Crippen molar-refractivity contribution in [2.45, 2.75) is 39.2 Å². The number of likely N-dealkylation sites (tertiary alicyclic amines) is 1. The lowest BCUT2D eigenvalue weighted by Gasteiger charge is -2.32. The smallest absolute Gasteiger partial charge is 0.317 e. The highest BCUT2D eigenvalue weighted by atomic mass is 35.5. The molecule has 2 N–H and O–H groups in total. The molecule has 6 heteroatoms. The van der Waals surface area contributed by atoms with E-state index in [9.17, 15) is 9.59 Å². The Morgan fingerprint density at radius 2 is 1.88 bits per heavy atom. The Morgan fingerprint density at radius 1 is 1.25 bits per heavy atom. The van der Waals surface area contributed by atoms with Crippen molar-refractivity contribution < 1.29 is 9.59 Å². The van der Waals surface area contributed by atoms with Gasteiger partial charge in [-0.1, -0.05) is 30.7 Å². The van der Waals surface area contributed by atoms with Crippen molar-refractivity contribution >= 4 is 23.5 Å². The molecule has 1 aromatic rings. The standard InChI is InChI=1S/C18H26ClN3O2/c1-3-10-20-17(23)15-8-11-22(12-9-15)18(24)21-13(2)14-4-6-16(19)7-5-14/h4-7,13,15H,3,8-12H2,1-2H3,(H,20,23)(H,21,24). The zero-order valence-corrected chi connectivity index (χ0v) is 15.1. The molecule has 3 amide bonds. The van der Waals surface area contributed by atoms with Crippen LogP contribution in [0.25, 0.3) is 0 Å². The number of nitrogens with zero attached hydrogens (tertiary/aromatic N) is 1. The average Bonchev–Trinajstić information content (AvgIpc) is 2.60. The molecule has 0 aliphatic carbocycles. The fourth-order valence-electron chi connectivity index (χ4n) is 2.85. The number of halogens is 1. The van der Waals surface area contributed by atoms with Gasteiger partial charge in [-0.05, 0) is 43.9 Å². The summed E-state index contributed by atoms with van der Waals surface area (Å²) in [5, 5.41) is 6.62. The van der Waals surface area contributed by atoms with Crippen LogP contribution in [-0.2, 0) is 4.79 Å². The molecule has 0 saturated carbocycles. The summed E-state index contributed by atoms with van der Waals surface area (Å²) < 4.78 is 0. The number of urea groups is 1. The lowest BCUT2D eigenvalue weighted by Crippen LogP contribution is -2.47. The molecule has 1 unspecified atom stereocenters. The van der Waals surface area contributed by atoms with E-state index in [2.05, 4.69) is 10.6 Å². The Labute approximate surface area is 148 Å². The molecule has 1 heterocycles. The summed E-state index contributed by atoms with van der Waals surface area (Å²) in [5.74, 6) is 0.140. The van der Waals surface area contributed by atoms with Gasteiger partial charge in [0.05, 0.1) is 6.04 Å². The van der Waals surface area contributed by atoms with E-state index in [1.807, 2.05) is 38.1 Å². The van der Waals surface area contributed by atoms with Crippen molar-refractivity contribution in [2.75, 3.05) is 19.6 Å². The molecular weight excluding hydrogens is 326 g/mol. The number of piperidine rings is 1. The van der Waals surface area contributed by atoms with E-state index < -0.39 is 0 Å². The molecule has 2 rings (SSSR count). The van der Waals surface area contributed by atoms with Crippen molar-refractivity contribution in [3.05, 3.63) is 34.9 Å². The fraction of sp³-hybridized carbons (Fsp3) is 0.556. The zero-order chi connectivity index (χ0) is 17.5. The van der Waals surface area contributed by atoms with E-state index in [1.165, 1.54) is 0 Å². The summed E-state index contributed by atoms with van der Waals surface area (Å²) in [6.07, 6.45) is 2.38. The lowest BCUT2D eigenvalue weighted by atomic mass is 9.96. The Kier molecular flexibility index (Phi) is 6.91. The van der Waals surface area contributed by atoms with Gasteiger partial charge in [0.15, 0.2) is 0 Å². The summed E-state index contributed by atoms with van der Waals surface area (Å²) in [5.41, 5.74) is 1.02. The first kappa shape index (κ1) is 18.6. The SMILES string of the molecule is CCCNC(=O)C1CCN(C(=O)NC(C)c2ccc(Cl)cc2)CC1. The van der Waals surface area contributed by atoms with Gasteiger partial charge in [-0.3, -0.25) is 4.79 Å². The van der Waals surface area contributed by atoms with E-state index >= 15 is 0 Å². The second kappa shape index (κ2) is 8.92. The first-order chi connectivity index (χ1) is 11.5. The third-order valence-electron chi connectivity index (χ3n) is 4.41. The highest BCUT2D eigenvalue weighted by Gasteiger charge is 2.27. The summed E-state index contributed by atoms with van der Waals surface area (Å²) in [6.45, 7) is 5.94. The van der Waals surface area contributed by atoms with Gasteiger partial charge in [-0.2, -0.15) is 0 Å². The van der Waals surface area contributed by atoms with Gasteiger partial charge in [0.1, 0.15) is 0 Å². The number of hydrogen-bond acceptors (Lipinski definition) is 2. The predicted molar refractivity (Wildman–Crippen MR) is 96.0 cm³/mol. The van der Waals surface area contributed by atoms with Crippen LogP contribution >= 0.6 is 11.6 Å². The number of carbonyl (C=O) groups is 2. The van der Waals surface area contributed by atoms with E-state index in [-0.39, 0.29) is 23.9 Å². The highest BCUT2D eigenvalue weighted by molar-refractivity contribution is 6.30. The van der Waals surface area contributed by atoms with Crippen LogP contribution in [0.15, 0.2) is 24.3 Å². The Hall–Kier alpha value is -1.75. The largest absolute Gasteiger partial charge is 0.356 e. The van der Waals surface area contributed by atoms with E-state index in [0.29, 0.717) is 18.1 Å². The first-order valence-electron chi connectivity index (χ1n) is 8.60. The van der Waals surface area contributed by atoms with Gasteiger partial charge in [-0.15, -0.1) is 0 Å². The number of amides is 3. The minimum absolute atomic E-state index is 0.0225. The molecule has 132 valence electrons.